The zero-order chi connectivity index (χ0) is 13.9. The molecule has 1 aliphatic carbocycles. The molecule has 1 fully saturated rings. The molecule has 0 atom stereocenters. The second-order valence-corrected chi connectivity index (χ2v) is 5.72. The van der Waals surface area contributed by atoms with Gasteiger partial charge in [0.1, 0.15) is 11.8 Å². The molecule has 5 nitrogen and oxygen atoms in total. The topological polar surface area (TPSA) is 52.8 Å². The number of ether oxygens (including phenoxy) is 1. The standard InChI is InChI=1S/C14H19ClN4O/c1-19-14-11(8-16-19)13(15)17-12(18-14)9-20-10-6-4-2-3-5-7-10/h8,10H,2-7,9H2,1H3. The van der Waals surface area contributed by atoms with Gasteiger partial charge in [-0.15, -0.1) is 0 Å². The first-order valence-electron chi connectivity index (χ1n) is 7.20. The molecule has 0 bridgehead atoms. The first kappa shape index (κ1) is 13.8. The zero-order valence-electron chi connectivity index (χ0n) is 11.7. The highest BCUT2D eigenvalue weighted by Gasteiger charge is 2.15. The number of fused-ring (bicyclic) bond motifs is 1. The Kier molecular flexibility index (Phi) is 4.17. The maximum atomic E-state index is 6.16. The van der Waals surface area contributed by atoms with Crippen LogP contribution in [0.1, 0.15) is 44.3 Å². The van der Waals surface area contributed by atoms with E-state index in [1.54, 1.807) is 10.9 Å². The number of nitrogens with zero attached hydrogens (tertiary/aromatic N) is 4. The quantitative estimate of drug-likeness (QED) is 0.644. The van der Waals surface area contributed by atoms with E-state index in [2.05, 4.69) is 15.1 Å². The van der Waals surface area contributed by atoms with Gasteiger partial charge in [-0.2, -0.15) is 5.10 Å². The molecule has 3 rings (SSSR count). The van der Waals surface area contributed by atoms with Gasteiger partial charge in [-0.05, 0) is 12.8 Å². The van der Waals surface area contributed by atoms with Gasteiger partial charge in [0, 0.05) is 7.05 Å². The van der Waals surface area contributed by atoms with Gasteiger partial charge in [-0.1, -0.05) is 37.3 Å². The molecule has 20 heavy (non-hydrogen) atoms. The third kappa shape index (κ3) is 2.94. The molecule has 0 saturated heterocycles. The van der Waals surface area contributed by atoms with Crippen LogP contribution >= 0.6 is 11.6 Å². The van der Waals surface area contributed by atoms with Crippen molar-refractivity contribution in [3.05, 3.63) is 17.2 Å². The number of aromatic nitrogens is 4. The molecule has 0 amide bonds. The fraction of sp³-hybridized carbons (Fsp3) is 0.643. The summed E-state index contributed by atoms with van der Waals surface area (Å²) in [6.45, 7) is 0.422. The van der Waals surface area contributed by atoms with Crippen LogP contribution in [-0.4, -0.2) is 25.9 Å². The molecule has 108 valence electrons. The maximum Gasteiger partial charge on any atom is 0.162 e. The van der Waals surface area contributed by atoms with Gasteiger partial charge in [0.15, 0.2) is 11.5 Å². The summed E-state index contributed by atoms with van der Waals surface area (Å²) >= 11 is 6.16. The van der Waals surface area contributed by atoms with E-state index in [9.17, 15) is 0 Å². The Hall–Kier alpha value is -1.20. The van der Waals surface area contributed by atoms with Crippen molar-refractivity contribution < 1.29 is 4.74 Å². The van der Waals surface area contributed by atoms with E-state index in [4.69, 9.17) is 16.3 Å². The van der Waals surface area contributed by atoms with Crippen molar-refractivity contribution >= 4 is 22.6 Å². The summed E-state index contributed by atoms with van der Waals surface area (Å²) in [5, 5.41) is 5.38. The number of hydrogen-bond donors (Lipinski definition) is 0. The van der Waals surface area contributed by atoms with E-state index in [1.807, 2.05) is 7.05 Å². The highest BCUT2D eigenvalue weighted by atomic mass is 35.5. The molecule has 2 heterocycles. The van der Waals surface area contributed by atoms with Crippen molar-refractivity contribution in [1.82, 2.24) is 19.7 Å². The van der Waals surface area contributed by atoms with E-state index in [1.165, 1.54) is 25.7 Å². The predicted octanol–water partition coefficient (Wildman–Crippen LogP) is 3.26. The fourth-order valence-corrected chi connectivity index (χ4v) is 2.93. The molecule has 0 aliphatic heterocycles. The third-order valence-electron chi connectivity index (χ3n) is 3.84. The Morgan fingerprint density at radius 3 is 2.75 bits per heavy atom. The van der Waals surface area contributed by atoms with Crippen LogP contribution in [0.4, 0.5) is 0 Å². The lowest BCUT2D eigenvalue weighted by atomic mass is 10.1. The van der Waals surface area contributed by atoms with Crippen LogP contribution in [0.2, 0.25) is 5.15 Å². The minimum Gasteiger partial charge on any atom is -0.370 e. The average Bonchev–Trinajstić information content (AvgIpc) is 2.66. The van der Waals surface area contributed by atoms with E-state index in [0.717, 1.165) is 23.9 Å². The van der Waals surface area contributed by atoms with Crippen molar-refractivity contribution in [3.63, 3.8) is 0 Å². The summed E-state index contributed by atoms with van der Waals surface area (Å²) in [5.41, 5.74) is 0.754. The normalized spacial score (nSPS) is 17.5. The SMILES string of the molecule is Cn1ncc2c(Cl)nc(COC3CCCCCC3)nc21. The average molecular weight is 295 g/mol. The van der Waals surface area contributed by atoms with Crippen molar-refractivity contribution in [2.45, 2.75) is 51.2 Å². The van der Waals surface area contributed by atoms with Crippen LogP contribution in [0.5, 0.6) is 0 Å². The smallest absolute Gasteiger partial charge is 0.162 e. The number of rotatable bonds is 3. The monoisotopic (exact) mass is 294 g/mol. The molecule has 0 unspecified atom stereocenters. The third-order valence-corrected chi connectivity index (χ3v) is 4.13. The molecule has 1 aliphatic rings. The summed E-state index contributed by atoms with van der Waals surface area (Å²) in [6, 6.07) is 0. The zero-order valence-corrected chi connectivity index (χ0v) is 12.4. The lowest BCUT2D eigenvalue weighted by Gasteiger charge is -2.14. The summed E-state index contributed by atoms with van der Waals surface area (Å²) in [5.74, 6) is 0.635. The predicted molar refractivity (Wildman–Crippen MR) is 77.6 cm³/mol. The Bertz CT molecular complexity index is 590. The van der Waals surface area contributed by atoms with Crippen molar-refractivity contribution in [2.75, 3.05) is 0 Å². The Morgan fingerprint density at radius 2 is 2.00 bits per heavy atom. The highest BCUT2D eigenvalue weighted by molar-refractivity contribution is 6.33. The molecule has 0 spiro atoms. The first-order chi connectivity index (χ1) is 9.74. The fourth-order valence-electron chi connectivity index (χ4n) is 2.70. The summed E-state index contributed by atoms with van der Waals surface area (Å²) in [7, 11) is 1.85. The largest absolute Gasteiger partial charge is 0.370 e. The molecule has 0 N–H and O–H groups in total. The van der Waals surface area contributed by atoms with Crippen molar-refractivity contribution in [1.29, 1.82) is 0 Å². The van der Waals surface area contributed by atoms with Gasteiger partial charge in [0.05, 0.1) is 17.7 Å². The number of aryl methyl sites for hydroxylation is 1. The van der Waals surface area contributed by atoms with Gasteiger partial charge in [-0.3, -0.25) is 4.68 Å². The van der Waals surface area contributed by atoms with Crippen LogP contribution in [0, 0.1) is 0 Å². The van der Waals surface area contributed by atoms with Gasteiger partial charge in [0.25, 0.3) is 0 Å². The van der Waals surface area contributed by atoms with E-state index in [0.29, 0.717) is 23.7 Å². The number of halogens is 1. The van der Waals surface area contributed by atoms with Gasteiger partial charge < -0.3 is 4.74 Å². The Balaban J connectivity index is 1.72. The van der Waals surface area contributed by atoms with Crippen LogP contribution in [-0.2, 0) is 18.4 Å². The van der Waals surface area contributed by atoms with E-state index < -0.39 is 0 Å². The minimum atomic E-state index is 0.335. The van der Waals surface area contributed by atoms with Crippen LogP contribution in [0.3, 0.4) is 0 Å². The summed E-state index contributed by atoms with van der Waals surface area (Å²) < 4.78 is 7.66. The second kappa shape index (κ2) is 6.06. The minimum absolute atomic E-state index is 0.335. The second-order valence-electron chi connectivity index (χ2n) is 5.36. The van der Waals surface area contributed by atoms with Crippen molar-refractivity contribution in [2.24, 2.45) is 7.05 Å². The summed E-state index contributed by atoms with van der Waals surface area (Å²) in [6.07, 6.45) is 9.46. The molecular formula is C14H19ClN4O. The molecule has 1 saturated carbocycles. The molecule has 2 aromatic rings. The van der Waals surface area contributed by atoms with Crippen LogP contribution in [0.15, 0.2) is 6.20 Å². The molecular weight excluding hydrogens is 276 g/mol. The van der Waals surface area contributed by atoms with E-state index >= 15 is 0 Å². The Labute approximate surface area is 123 Å². The molecule has 6 heteroatoms. The molecule has 0 aromatic carbocycles. The lowest BCUT2D eigenvalue weighted by molar-refractivity contribution is 0.0274. The Morgan fingerprint density at radius 1 is 1.25 bits per heavy atom. The first-order valence-corrected chi connectivity index (χ1v) is 7.57. The highest BCUT2D eigenvalue weighted by Crippen LogP contribution is 2.22. The van der Waals surface area contributed by atoms with Crippen LogP contribution in [0.25, 0.3) is 11.0 Å². The van der Waals surface area contributed by atoms with Gasteiger partial charge in [0.2, 0.25) is 0 Å². The van der Waals surface area contributed by atoms with Crippen LogP contribution < -0.4 is 0 Å². The number of hydrogen-bond acceptors (Lipinski definition) is 4. The lowest BCUT2D eigenvalue weighted by Crippen LogP contribution is -2.13. The summed E-state index contributed by atoms with van der Waals surface area (Å²) in [4.78, 5) is 8.78. The molecule has 2 aromatic heterocycles. The molecule has 0 radical (unpaired) electrons. The van der Waals surface area contributed by atoms with E-state index in [-0.39, 0.29) is 0 Å². The van der Waals surface area contributed by atoms with Crippen molar-refractivity contribution in [3.8, 4) is 0 Å². The maximum absolute atomic E-state index is 6.16. The van der Waals surface area contributed by atoms with Gasteiger partial charge in [-0.25, -0.2) is 9.97 Å². The van der Waals surface area contributed by atoms with Gasteiger partial charge >= 0.3 is 0 Å².